The van der Waals surface area contributed by atoms with Gasteiger partial charge in [0.2, 0.25) is 0 Å². The lowest BCUT2D eigenvalue weighted by Crippen LogP contribution is -2.78. The van der Waals surface area contributed by atoms with Crippen molar-refractivity contribution in [3.63, 3.8) is 0 Å². The third kappa shape index (κ3) is 0.901. The van der Waals surface area contributed by atoms with Crippen molar-refractivity contribution in [2.45, 2.75) is 64.2 Å². The van der Waals surface area contributed by atoms with Crippen molar-refractivity contribution in [3.05, 3.63) is 0 Å². The van der Waals surface area contributed by atoms with Gasteiger partial charge >= 0.3 is 0 Å². The summed E-state index contributed by atoms with van der Waals surface area (Å²) >= 11 is 0. The summed E-state index contributed by atoms with van der Waals surface area (Å²) in [5.41, 5.74) is 1.85. The Morgan fingerprint density at radius 3 is 1.15 bits per heavy atom. The molecule has 2 spiro atoms. The molecular formula is C20H28. The summed E-state index contributed by atoms with van der Waals surface area (Å²) in [7, 11) is 0. The fourth-order valence-corrected chi connectivity index (χ4v) is 11.1. The maximum Gasteiger partial charge on any atom is -0.0220 e. The lowest BCUT2D eigenvalue weighted by molar-refractivity contribution is -0.364. The standard InChI is InChI=1S/C20H28/c1-11-3-15-4-12(1)8-19(7-11)17(15)20-9-13-2-14(10-20)6-16(5-13)18(19)20/h11-18H,1-10H2. The summed E-state index contributed by atoms with van der Waals surface area (Å²) in [6.45, 7) is 0. The molecule has 0 aromatic rings. The zero-order chi connectivity index (χ0) is 12.7. The number of hydrogen-bond donors (Lipinski definition) is 0. The first-order chi connectivity index (χ1) is 9.77. The Morgan fingerprint density at radius 1 is 0.450 bits per heavy atom. The minimum Gasteiger partial charge on any atom is -0.0475 e. The Morgan fingerprint density at radius 2 is 0.800 bits per heavy atom. The molecule has 0 N–H and O–H groups in total. The molecule has 0 heterocycles. The van der Waals surface area contributed by atoms with Crippen molar-refractivity contribution in [1.82, 2.24) is 0 Å². The van der Waals surface area contributed by atoms with Gasteiger partial charge in [0, 0.05) is 0 Å². The zero-order valence-corrected chi connectivity index (χ0v) is 12.7. The highest BCUT2D eigenvalue weighted by Crippen LogP contribution is 2.87. The monoisotopic (exact) mass is 268 g/mol. The summed E-state index contributed by atoms with van der Waals surface area (Å²) in [4.78, 5) is 0. The molecule has 9 aliphatic rings. The van der Waals surface area contributed by atoms with E-state index >= 15 is 0 Å². The van der Waals surface area contributed by atoms with E-state index in [4.69, 9.17) is 0 Å². The molecular weight excluding hydrogens is 240 g/mol. The first kappa shape index (κ1) is 10.7. The molecule has 8 bridgehead atoms. The van der Waals surface area contributed by atoms with Crippen molar-refractivity contribution in [1.29, 1.82) is 0 Å². The van der Waals surface area contributed by atoms with Gasteiger partial charge in [-0.05, 0) is 122 Å². The molecule has 108 valence electrons. The van der Waals surface area contributed by atoms with Crippen molar-refractivity contribution < 1.29 is 0 Å². The summed E-state index contributed by atoms with van der Waals surface area (Å²) in [6, 6.07) is 0. The zero-order valence-electron chi connectivity index (χ0n) is 12.7. The Balaban J connectivity index is 1.42. The number of rotatable bonds is 0. The molecule has 0 aromatic carbocycles. The quantitative estimate of drug-likeness (QED) is 0.587. The van der Waals surface area contributed by atoms with Gasteiger partial charge in [-0.25, -0.2) is 0 Å². The largest absolute Gasteiger partial charge is 0.0475 e. The molecule has 4 atom stereocenters. The second-order valence-corrected chi connectivity index (χ2v) is 10.6. The van der Waals surface area contributed by atoms with Gasteiger partial charge in [0.05, 0.1) is 0 Å². The second-order valence-electron chi connectivity index (χ2n) is 10.6. The highest BCUT2D eigenvalue weighted by Gasteiger charge is 2.80. The van der Waals surface area contributed by atoms with E-state index in [1.54, 1.807) is 64.2 Å². The van der Waals surface area contributed by atoms with Gasteiger partial charge in [0.25, 0.3) is 0 Å². The fraction of sp³-hybridized carbons (Fsp3) is 1.00. The van der Waals surface area contributed by atoms with Crippen LogP contribution in [0.25, 0.3) is 0 Å². The Hall–Kier alpha value is 0. The first-order valence-corrected chi connectivity index (χ1v) is 9.77. The van der Waals surface area contributed by atoms with Crippen LogP contribution >= 0.6 is 0 Å². The van der Waals surface area contributed by atoms with Crippen LogP contribution in [-0.2, 0) is 0 Å². The van der Waals surface area contributed by atoms with Crippen molar-refractivity contribution >= 4 is 0 Å². The molecule has 0 heteroatoms. The average Bonchev–Trinajstić information content (AvgIpc) is 2.34. The third-order valence-corrected chi connectivity index (χ3v) is 9.97. The maximum absolute atomic E-state index is 1.70. The van der Waals surface area contributed by atoms with Gasteiger partial charge < -0.3 is 0 Å². The first-order valence-electron chi connectivity index (χ1n) is 9.77. The third-order valence-electron chi connectivity index (χ3n) is 9.97. The molecule has 0 nitrogen and oxygen atoms in total. The lowest BCUT2D eigenvalue weighted by Gasteiger charge is -2.85. The van der Waals surface area contributed by atoms with Crippen LogP contribution in [0.3, 0.4) is 0 Å². The Labute approximate surface area is 123 Å². The van der Waals surface area contributed by atoms with Crippen LogP contribution in [0, 0.1) is 58.2 Å². The van der Waals surface area contributed by atoms with Crippen molar-refractivity contribution in [2.75, 3.05) is 0 Å². The van der Waals surface area contributed by atoms with E-state index in [2.05, 4.69) is 0 Å². The van der Waals surface area contributed by atoms with Crippen LogP contribution in [0.5, 0.6) is 0 Å². The molecule has 0 radical (unpaired) electrons. The smallest absolute Gasteiger partial charge is 0.0220 e. The number of hydrogen-bond acceptors (Lipinski definition) is 0. The second kappa shape index (κ2) is 2.91. The SMILES string of the molecule is C1C2CC3CC1CC1(C2)C3C23CC4CC(CC(C4)C12)C3. The van der Waals surface area contributed by atoms with E-state index in [0.29, 0.717) is 0 Å². The summed E-state index contributed by atoms with van der Waals surface area (Å²) < 4.78 is 0. The molecule has 0 aliphatic heterocycles. The van der Waals surface area contributed by atoms with Gasteiger partial charge in [-0.1, -0.05) is 0 Å². The minimum absolute atomic E-state index is 0.923. The van der Waals surface area contributed by atoms with Crippen LogP contribution in [0.1, 0.15) is 64.2 Å². The van der Waals surface area contributed by atoms with Crippen LogP contribution < -0.4 is 0 Å². The van der Waals surface area contributed by atoms with Crippen LogP contribution in [0.4, 0.5) is 0 Å². The molecule has 9 aliphatic carbocycles. The molecule has 0 saturated heterocycles. The molecule has 4 unspecified atom stereocenters. The molecule has 9 fully saturated rings. The van der Waals surface area contributed by atoms with Crippen molar-refractivity contribution in [2.24, 2.45) is 58.2 Å². The van der Waals surface area contributed by atoms with Crippen LogP contribution in [0.2, 0.25) is 0 Å². The van der Waals surface area contributed by atoms with Gasteiger partial charge in [0.1, 0.15) is 0 Å². The molecule has 9 rings (SSSR count). The normalized spacial score (nSPS) is 74.4. The topological polar surface area (TPSA) is 0 Å². The van der Waals surface area contributed by atoms with Gasteiger partial charge in [-0.3, -0.25) is 0 Å². The highest BCUT2D eigenvalue weighted by atomic mass is 14.8. The molecule has 20 heavy (non-hydrogen) atoms. The van der Waals surface area contributed by atoms with E-state index in [1.165, 1.54) is 47.3 Å². The minimum atomic E-state index is 0.923. The molecule has 0 aromatic heterocycles. The van der Waals surface area contributed by atoms with Crippen LogP contribution in [0.15, 0.2) is 0 Å². The Bertz CT molecular complexity index is 418. The van der Waals surface area contributed by atoms with E-state index in [-0.39, 0.29) is 0 Å². The van der Waals surface area contributed by atoms with Gasteiger partial charge in [-0.15, -0.1) is 0 Å². The van der Waals surface area contributed by atoms with E-state index in [0.717, 1.165) is 10.8 Å². The predicted molar refractivity (Wildman–Crippen MR) is 79.0 cm³/mol. The molecule has 9 saturated carbocycles. The summed E-state index contributed by atoms with van der Waals surface area (Å²) in [6.07, 6.45) is 16.7. The summed E-state index contributed by atoms with van der Waals surface area (Å²) in [5, 5.41) is 0. The maximum atomic E-state index is 1.70. The van der Waals surface area contributed by atoms with Crippen molar-refractivity contribution in [3.8, 4) is 0 Å². The highest BCUT2D eigenvalue weighted by molar-refractivity contribution is 5.28. The van der Waals surface area contributed by atoms with E-state index in [9.17, 15) is 0 Å². The summed E-state index contributed by atoms with van der Waals surface area (Å²) in [5.74, 6) is 9.60. The lowest BCUT2D eigenvalue weighted by atomic mass is 9.20. The fourth-order valence-electron chi connectivity index (χ4n) is 11.1. The Kier molecular flexibility index (Phi) is 1.55. The van der Waals surface area contributed by atoms with E-state index in [1.807, 2.05) is 0 Å². The predicted octanol–water partition coefficient (Wildman–Crippen LogP) is 4.89. The molecule has 0 amide bonds. The van der Waals surface area contributed by atoms with Gasteiger partial charge in [-0.2, -0.15) is 0 Å². The van der Waals surface area contributed by atoms with E-state index < -0.39 is 0 Å². The van der Waals surface area contributed by atoms with Gasteiger partial charge in [0.15, 0.2) is 0 Å². The average molecular weight is 268 g/mol. The van der Waals surface area contributed by atoms with Crippen LogP contribution in [-0.4, -0.2) is 0 Å².